The molecule has 3 aromatic carbocycles. The van der Waals surface area contributed by atoms with Crippen LogP contribution in [0.2, 0.25) is 0 Å². The summed E-state index contributed by atoms with van der Waals surface area (Å²) in [6.45, 7) is 2.45. The lowest BCUT2D eigenvalue weighted by molar-refractivity contribution is 0.102. The van der Waals surface area contributed by atoms with Crippen LogP contribution in [0.4, 0.5) is 21.7 Å². The number of ether oxygens (including phenoxy) is 2. The Hall–Kier alpha value is -3.89. The topological polar surface area (TPSA) is 88.6 Å². The molecule has 1 aromatic heterocycles. The van der Waals surface area contributed by atoms with Gasteiger partial charge >= 0.3 is 0 Å². The fraction of sp³-hybridized carbons (Fsp3) is 0.276. The van der Waals surface area contributed by atoms with Crippen molar-refractivity contribution in [3.8, 4) is 11.6 Å². The fourth-order valence-electron chi connectivity index (χ4n) is 4.79. The van der Waals surface area contributed by atoms with E-state index in [9.17, 15) is 9.18 Å². The van der Waals surface area contributed by atoms with Crippen LogP contribution in [0.15, 0.2) is 66.9 Å². The van der Waals surface area contributed by atoms with Crippen molar-refractivity contribution in [2.75, 3.05) is 53.3 Å². The molecule has 2 aliphatic heterocycles. The number of fused-ring (bicyclic) bond motifs is 1. The van der Waals surface area contributed by atoms with Gasteiger partial charge in [0.2, 0.25) is 11.8 Å². The summed E-state index contributed by atoms with van der Waals surface area (Å²) < 4.78 is 26.0. The van der Waals surface area contributed by atoms with Gasteiger partial charge in [0, 0.05) is 64.9 Å². The maximum atomic E-state index is 14.5. The minimum atomic E-state index is -0.455. The second-order valence-electron chi connectivity index (χ2n) is 9.43. The van der Waals surface area contributed by atoms with Crippen LogP contribution in [0.25, 0.3) is 10.8 Å². The van der Waals surface area contributed by atoms with Crippen molar-refractivity contribution in [1.29, 1.82) is 0 Å². The van der Waals surface area contributed by atoms with E-state index in [1.807, 2.05) is 40.9 Å². The van der Waals surface area contributed by atoms with Crippen molar-refractivity contribution in [3.63, 3.8) is 0 Å². The number of rotatable bonds is 7. The molecule has 10 heteroatoms. The van der Waals surface area contributed by atoms with Gasteiger partial charge in [-0.05, 0) is 42.5 Å². The second kappa shape index (κ2) is 11.5. The van der Waals surface area contributed by atoms with Crippen LogP contribution in [0.1, 0.15) is 16.8 Å². The first-order chi connectivity index (χ1) is 19.1. The third kappa shape index (κ3) is 5.91. The standard InChI is InChI=1S/C29H28FN5O3S/c30-20-15-19(16-22(17-20)35-10-12-37-13-11-35)28(36)33-25-5-6-26(24-4-2-1-3-23(24)25)38-27-7-9-31-29(34-27)32-21-8-14-39-18-21/h1-7,9,15-17,21H,8,10-14,18H2,(H,33,36)(H,31,32,34). The Kier molecular flexibility index (Phi) is 7.46. The van der Waals surface area contributed by atoms with Gasteiger partial charge in [-0.3, -0.25) is 4.79 Å². The van der Waals surface area contributed by atoms with E-state index in [4.69, 9.17) is 9.47 Å². The zero-order valence-corrected chi connectivity index (χ0v) is 22.0. The number of halogens is 1. The molecule has 0 radical (unpaired) electrons. The van der Waals surface area contributed by atoms with Crippen molar-refractivity contribution in [2.24, 2.45) is 0 Å². The molecule has 4 aromatic rings. The van der Waals surface area contributed by atoms with Gasteiger partial charge in [-0.1, -0.05) is 24.3 Å². The Morgan fingerprint density at radius 1 is 1.08 bits per heavy atom. The van der Waals surface area contributed by atoms with E-state index in [0.29, 0.717) is 61.3 Å². The molecule has 1 unspecified atom stereocenters. The summed E-state index contributed by atoms with van der Waals surface area (Å²) in [5, 5.41) is 7.93. The van der Waals surface area contributed by atoms with Crippen molar-refractivity contribution in [1.82, 2.24) is 9.97 Å². The number of thioether (sulfide) groups is 1. The summed E-state index contributed by atoms with van der Waals surface area (Å²) in [7, 11) is 0. The number of hydrogen-bond acceptors (Lipinski definition) is 8. The van der Waals surface area contributed by atoms with E-state index in [1.54, 1.807) is 30.5 Å². The number of aromatic nitrogens is 2. The summed E-state index contributed by atoms with van der Waals surface area (Å²) in [5.74, 6) is 2.90. The SMILES string of the molecule is O=C(Nc1ccc(Oc2ccnc(NC3CCSC3)n2)c2ccccc12)c1cc(F)cc(N2CCOCC2)c1. The fourth-order valence-corrected chi connectivity index (χ4v) is 5.94. The average molecular weight is 546 g/mol. The molecule has 0 saturated carbocycles. The number of morpholine rings is 1. The zero-order chi connectivity index (χ0) is 26.6. The van der Waals surface area contributed by atoms with E-state index in [0.717, 1.165) is 28.7 Å². The number of hydrogen-bond donors (Lipinski definition) is 2. The number of carbonyl (C=O) groups is 1. The van der Waals surface area contributed by atoms with Gasteiger partial charge in [0.05, 0.1) is 13.2 Å². The van der Waals surface area contributed by atoms with Crippen molar-refractivity contribution in [2.45, 2.75) is 12.5 Å². The minimum absolute atomic E-state index is 0.252. The van der Waals surface area contributed by atoms with E-state index in [2.05, 4.69) is 20.6 Å². The number of benzene rings is 3. The largest absolute Gasteiger partial charge is 0.438 e. The molecule has 39 heavy (non-hydrogen) atoms. The Bertz CT molecular complexity index is 1490. The van der Waals surface area contributed by atoms with Crippen LogP contribution in [0, 0.1) is 5.82 Å². The quantitative estimate of drug-likeness (QED) is 0.312. The summed E-state index contributed by atoms with van der Waals surface area (Å²) >= 11 is 1.92. The lowest BCUT2D eigenvalue weighted by Crippen LogP contribution is -2.36. The number of nitrogens with zero attached hydrogens (tertiary/aromatic N) is 3. The Labute approximate surface area is 229 Å². The van der Waals surface area contributed by atoms with Crippen LogP contribution in [0.5, 0.6) is 11.6 Å². The maximum Gasteiger partial charge on any atom is 0.255 e. The highest BCUT2D eigenvalue weighted by atomic mass is 32.2. The third-order valence-electron chi connectivity index (χ3n) is 6.76. The van der Waals surface area contributed by atoms with Gasteiger partial charge in [0.25, 0.3) is 5.91 Å². The maximum absolute atomic E-state index is 14.5. The minimum Gasteiger partial charge on any atom is -0.438 e. The van der Waals surface area contributed by atoms with Gasteiger partial charge in [-0.25, -0.2) is 9.37 Å². The highest BCUT2D eigenvalue weighted by Gasteiger charge is 2.18. The summed E-state index contributed by atoms with van der Waals surface area (Å²) in [6, 6.07) is 17.7. The van der Waals surface area contributed by atoms with Crippen molar-refractivity contribution >= 4 is 45.8 Å². The second-order valence-corrected chi connectivity index (χ2v) is 10.6. The Morgan fingerprint density at radius 2 is 1.92 bits per heavy atom. The van der Waals surface area contributed by atoms with Crippen LogP contribution < -0.4 is 20.3 Å². The molecule has 1 atom stereocenters. The molecule has 0 spiro atoms. The van der Waals surface area contributed by atoms with E-state index in [1.165, 1.54) is 12.1 Å². The monoisotopic (exact) mass is 545 g/mol. The first-order valence-electron chi connectivity index (χ1n) is 12.9. The normalized spacial score (nSPS) is 17.3. The molecular weight excluding hydrogens is 517 g/mol. The van der Waals surface area contributed by atoms with Crippen LogP contribution in [-0.2, 0) is 4.74 Å². The Morgan fingerprint density at radius 3 is 2.74 bits per heavy atom. The molecule has 8 nitrogen and oxygen atoms in total. The van der Waals surface area contributed by atoms with Crippen LogP contribution >= 0.6 is 11.8 Å². The smallest absolute Gasteiger partial charge is 0.255 e. The lowest BCUT2D eigenvalue weighted by Gasteiger charge is -2.29. The highest BCUT2D eigenvalue weighted by molar-refractivity contribution is 7.99. The molecule has 0 bridgehead atoms. The van der Waals surface area contributed by atoms with Crippen LogP contribution in [-0.4, -0.2) is 59.7 Å². The first kappa shape index (κ1) is 25.4. The molecule has 2 aliphatic rings. The van der Waals surface area contributed by atoms with Gasteiger partial charge in [0.1, 0.15) is 11.6 Å². The van der Waals surface area contributed by atoms with E-state index in [-0.39, 0.29) is 11.5 Å². The molecule has 1 amide bonds. The molecular formula is C29H28FN5O3S. The van der Waals surface area contributed by atoms with Gasteiger partial charge in [0.15, 0.2) is 0 Å². The molecule has 2 fully saturated rings. The number of amides is 1. The molecule has 6 rings (SSSR count). The predicted molar refractivity (Wildman–Crippen MR) is 153 cm³/mol. The van der Waals surface area contributed by atoms with E-state index < -0.39 is 5.82 Å². The summed E-state index contributed by atoms with van der Waals surface area (Å²) in [5.41, 5.74) is 1.52. The van der Waals surface area contributed by atoms with Gasteiger partial charge in [-0.2, -0.15) is 16.7 Å². The average Bonchev–Trinajstić information content (AvgIpc) is 3.48. The van der Waals surface area contributed by atoms with Crippen molar-refractivity contribution < 1.29 is 18.7 Å². The van der Waals surface area contributed by atoms with Gasteiger partial charge < -0.3 is 25.0 Å². The Balaban J connectivity index is 1.23. The summed E-state index contributed by atoms with van der Waals surface area (Å²) in [6.07, 6.45) is 2.76. The molecule has 2 N–H and O–H groups in total. The molecule has 0 aliphatic carbocycles. The number of anilines is 3. The third-order valence-corrected chi connectivity index (χ3v) is 7.92. The van der Waals surface area contributed by atoms with Crippen LogP contribution in [0.3, 0.4) is 0 Å². The summed E-state index contributed by atoms with van der Waals surface area (Å²) in [4.78, 5) is 24.1. The number of carbonyl (C=O) groups excluding carboxylic acids is 1. The molecule has 200 valence electrons. The van der Waals surface area contributed by atoms with Crippen molar-refractivity contribution in [3.05, 3.63) is 78.2 Å². The highest BCUT2D eigenvalue weighted by Crippen LogP contribution is 2.34. The predicted octanol–water partition coefficient (Wildman–Crippen LogP) is 5.57. The lowest BCUT2D eigenvalue weighted by atomic mass is 10.1. The number of nitrogens with one attached hydrogen (secondary N) is 2. The zero-order valence-electron chi connectivity index (χ0n) is 21.2. The van der Waals surface area contributed by atoms with E-state index >= 15 is 0 Å². The molecule has 3 heterocycles. The van der Waals surface area contributed by atoms with Gasteiger partial charge in [-0.15, -0.1) is 0 Å². The first-order valence-corrected chi connectivity index (χ1v) is 14.1. The molecule has 2 saturated heterocycles.